The first-order chi connectivity index (χ1) is 3.92. The highest BCUT2D eigenvalue weighted by atomic mass is 16.1. The summed E-state index contributed by atoms with van der Waals surface area (Å²) < 4.78 is 0. The van der Waals surface area contributed by atoms with Crippen molar-refractivity contribution in [2.75, 3.05) is 0 Å². The topological polar surface area (TPSA) is 17.1 Å². The van der Waals surface area contributed by atoms with Crippen molar-refractivity contribution in [1.29, 1.82) is 0 Å². The van der Waals surface area contributed by atoms with Crippen LogP contribution < -0.4 is 0 Å². The SMILES string of the molecule is O=Cc1ccc2cc1-2. The van der Waals surface area contributed by atoms with E-state index < -0.39 is 0 Å². The maximum Gasteiger partial charge on any atom is 0.150 e. The first kappa shape index (κ1) is 3.84. The van der Waals surface area contributed by atoms with E-state index in [1.54, 1.807) is 0 Å². The van der Waals surface area contributed by atoms with E-state index in [1.165, 1.54) is 5.56 Å². The van der Waals surface area contributed by atoms with Crippen molar-refractivity contribution < 1.29 is 4.79 Å². The summed E-state index contributed by atoms with van der Waals surface area (Å²) in [5, 5.41) is 0. The highest BCUT2D eigenvalue weighted by Gasteiger charge is 2.15. The number of hydrogen-bond acceptors (Lipinski definition) is 1. The molecule has 0 amide bonds. The summed E-state index contributed by atoms with van der Waals surface area (Å²) in [6.07, 6.45) is 0.891. The molecule has 1 nitrogen and oxygen atoms in total. The number of benzene rings is 1. The van der Waals surface area contributed by atoms with E-state index in [2.05, 4.69) is 0 Å². The third-order valence-electron chi connectivity index (χ3n) is 1.41. The highest BCUT2D eigenvalue weighted by Crippen LogP contribution is 2.36. The number of fused-ring (bicyclic) bond motifs is 1. The molecule has 0 aromatic carbocycles. The Bertz CT molecular complexity index is 251. The number of carbonyl (C=O) groups is 1. The van der Waals surface area contributed by atoms with Gasteiger partial charge in [-0.1, -0.05) is 12.1 Å². The number of aldehydes is 1. The molecule has 0 unspecified atom stereocenters. The number of rotatable bonds is 1. The minimum atomic E-state index is 0.833. The number of hydrogen-bond donors (Lipinski definition) is 0. The molecule has 0 saturated heterocycles. The van der Waals surface area contributed by atoms with E-state index in [1.807, 2.05) is 18.2 Å². The molecule has 0 heterocycles. The Hall–Kier alpha value is -1.11. The molecule has 38 valence electrons. The van der Waals surface area contributed by atoms with Gasteiger partial charge >= 0.3 is 0 Å². The van der Waals surface area contributed by atoms with Crippen molar-refractivity contribution >= 4 is 6.29 Å². The molecule has 0 fully saturated rings. The van der Waals surface area contributed by atoms with Crippen LogP contribution in [0.1, 0.15) is 10.4 Å². The summed E-state index contributed by atoms with van der Waals surface area (Å²) in [6, 6.07) is 5.81. The van der Waals surface area contributed by atoms with Crippen molar-refractivity contribution in [1.82, 2.24) is 0 Å². The van der Waals surface area contributed by atoms with Gasteiger partial charge in [-0.2, -0.15) is 0 Å². The zero-order valence-corrected chi connectivity index (χ0v) is 4.22. The van der Waals surface area contributed by atoms with Gasteiger partial charge in [0.05, 0.1) is 0 Å². The van der Waals surface area contributed by atoms with Gasteiger partial charge in [0.15, 0.2) is 6.29 Å². The van der Waals surface area contributed by atoms with Crippen molar-refractivity contribution in [3.8, 4) is 11.1 Å². The lowest BCUT2D eigenvalue weighted by molar-refractivity contribution is 0.112. The van der Waals surface area contributed by atoms with Crippen LogP contribution in [-0.2, 0) is 0 Å². The van der Waals surface area contributed by atoms with Crippen LogP contribution in [0.2, 0.25) is 0 Å². The van der Waals surface area contributed by atoms with Gasteiger partial charge in [-0.15, -0.1) is 0 Å². The fourth-order valence-electron chi connectivity index (χ4n) is 0.879. The molecule has 0 N–H and O–H groups in total. The summed E-state index contributed by atoms with van der Waals surface area (Å²) >= 11 is 0. The van der Waals surface area contributed by atoms with Gasteiger partial charge in [0, 0.05) is 5.56 Å². The second-order valence-electron chi connectivity index (χ2n) is 1.92. The van der Waals surface area contributed by atoms with E-state index in [9.17, 15) is 4.79 Å². The van der Waals surface area contributed by atoms with Crippen molar-refractivity contribution in [2.24, 2.45) is 0 Å². The summed E-state index contributed by atoms with van der Waals surface area (Å²) in [5.74, 6) is 0. The molecule has 1 heteroatoms. The Morgan fingerprint density at radius 1 is 1.38 bits per heavy atom. The van der Waals surface area contributed by atoms with E-state index in [0.29, 0.717) is 0 Å². The van der Waals surface area contributed by atoms with Gasteiger partial charge in [-0.25, -0.2) is 0 Å². The molecule has 0 radical (unpaired) electrons. The van der Waals surface area contributed by atoms with E-state index in [0.717, 1.165) is 17.4 Å². The van der Waals surface area contributed by atoms with Crippen LogP contribution in [0.5, 0.6) is 0 Å². The molecule has 0 aromatic rings. The molecule has 0 bridgehead atoms. The van der Waals surface area contributed by atoms with Crippen LogP contribution in [0.3, 0.4) is 0 Å². The van der Waals surface area contributed by atoms with E-state index in [4.69, 9.17) is 0 Å². The van der Waals surface area contributed by atoms with Crippen LogP contribution >= 0.6 is 0 Å². The third-order valence-corrected chi connectivity index (χ3v) is 1.41. The van der Waals surface area contributed by atoms with Gasteiger partial charge in [0.25, 0.3) is 0 Å². The van der Waals surface area contributed by atoms with Crippen LogP contribution in [-0.4, -0.2) is 6.29 Å². The zero-order chi connectivity index (χ0) is 5.56. The Labute approximate surface area is 47.0 Å². The van der Waals surface area contributed by atoms with Crippen molar-refractivity contribution in [3.63, 3.8) is 0 Å². The Balaban J connectivity index is 2.63. The summed E-state index contributed by atoms with van der Waals surface area (Å²) in [4.78, 5) is 10.1. The first-order valence-corrected chi connectivity index (χ1v) is 2.51. The fraction of sp³-hybridized carbons (Fsp3) is 0. The van der Waals surface area contributed by atoms with Crippen molar-refractivity contribution in [3.05, 3.63) is 23.8 Å². The highest BCUT2D eigenvalue weighted by molar-refractivity contribution is 5.97. The summed E-state index contributed by atoms with van der Waals surface area (Å²) in [5.41, 5.74) is 3.20. The molecule has 8 heavy (non-hydrogen) atoms. The van der Waals surface area contributed by atoms with E-state index in [-0.39, 0.29) is 0 Å². The smallest absolute Gasteiger partial charge is 0.150 e. The molecular formula is C7H4O. The third kappa shape index (κ3) is 0.293. The Kier molecular flexibility index (Phi) is 0.478. The summed E-state index contributed by atoms with van der Waals surface area (Å²) in [6.45, 7) is 0. The second kappa shape index (κ2) is 0.996. The molecule has 0 spiro atoms. The molecule has 0 saturated carbocycles. The molecular weight excluding hydrogens is 100 g/mol. The van der Waals surface area contributed by atoms with Gasteiger partial charge in [0.2, 0.25) is 0 Å². The zero-order valence-electron chi connectivity index (χ0n) is 4.22. The Morgan fingerprint density at radius 3 is 2.50 bits per heavy atom. The largest absolute Gasteiger partial charge is 0.298 e. The first-order valence-electron chi connectivity index (χ1n) is 2.51. The maximum atomic E-state index is 10.1. The minimum absolute atomic E-state index is 0.833. The monoisotopic (exact) mass is 104 g/mol. The van der Waals surface area contributed by atoms with Crippen LogP contribution in [0.25, 0.3) is 11.1 Å². The number of carbonyl (C=O) groups excluding carboxylic acids is 1. The van der Waals surface area contributed by atoms with Gasteiger partial charge in [-0.05, 0) is 17.2 Å². The van der Waals surface area contributed by atoms with Crippen molar-refractivity contribution in [2.45, 2.75) is 0 Å². The van der Waals surface area contributed by atoms with E-state index >= 15 is 0 Å². The fourth-order valence-corrected chi connectivity index (χ4v) is 0.879. The molecule has 2 aliphatic carbocycles. The Morgan fingerprint density at radius 2 is 2.25 bits per heavy atom. The predicted molar refractivity (Wildman–Crippen MR) is 30.8 cm³/mol. The molecule has 0 aromatic heterocycles. The predicted octanol–water partition coefficient (Wildman–Crippen LogP) is 1.48. The van der Waals surface area contributed by atoms with Gasteiger partial charge < -0.3 is 0 Å². The minimum Gasteiger partial charge on any atom is -0.298 e. The maximum absolute atomic E-state index is 10.1. The molecule has 2 aliphatic rings. The van der Waals surface area contributed by atoms with Gasteiger partial charge in [0.1, 0.15) is 0 Å². The van der Waals surface area contributed by atoms with Crippen LogP contribution in [0, 0.1) is 0 Å². The summed E-state index contributed by atoms with van der Waals surface area (Å²) in [7, 11) is 0. The van der Waals surface area contributed by atoms with Crippen LogP contribution in [0.15, 0.2) is 18.2 Å². The standard InChI is InChI=1S/C7H4O/c8-4-6-2-1-5-3-7(5)6/h1-4H. The van der Waals surface area contributed by atoms with Gasteiger partial charge in [-0.3, -0.25) is 4.79 Å². The lowest BCUT2D eigenvalue weighted by Gasteiger charge is -1.71. The quantitative estimate of drug-likeness (QED) is 0.501. The average molecular weight is 104 g/mol. The molecule has 2 rings (SSSR count). The lowest BCUT2D eigenvalue weighted by Crippen LogP contribution is -1.67. The molecule has 0 aliphatic heterocycles. The normalized spacial score (nSPS) is 11.0. The average Bonchev–Trinajstić information content (AvgIpc) is 2.46. The second-order valence-corrected chi connectivity index (χ2v) is 1.92. The van der Waals surface area contributed by atoms with Crippen LogP contribution in [0.4, 0.5) is 0 Å². The molecule has 0 atom stereocenters. The lowest BCUT2D eigenvalue weighted by atomic mass is 10.3.